The Morgan fingerprint density at radius 3 is 2.38 bits per heavy atom. The topological polar surface area (TPSA) is 9.23 Å². The summed E-state index contributed by atoms with van der Waals surface area (Å²) in [6.45, 7) is 6.51. The van der Waals surface area contributed by atoms with Crippen LogP contribution in [-0.2, 0) is 34.1 Å². The minimum atomic E-state index is -0.610. The molecule has 2 rings (SSSR count). The summed E-state index contributed by atoms with van der Waals surface area (Å²) in [7, 11) is -0.610. The molecule has 1 aromatic heterocycles. The van der Waals surface area contributed by atoms with Gasteiger partial charge in [-0.2, -0.15) is 0 Å². The van der Waals surface area contributed by atoms with Gasteiger partial charge in [0.2, 0.25) is 0 Å². The van der Waals surface area contributed by atoms with Crippen molar-refractivity contribution >= 4 is 26.5 Å². The van der Waals surface area contributed by atoms with Crippen molar-refractivity contribution in [3.05, 3.63) is 27.5 Å². The molecule has 1 aliphatic rings. The fourth-order valence-electron chi connectivity index (χ4n) is 1.19. The predicted octanol–water partition coefficient (Wildman–Crippen LogP) is -2.84. The number of hydrogen-bond donors (Lipinski definition) is 0. The Hall–Kier alpha value is 1.08. The van der Waals surface area contributed by atoms with Crippen molar-refractivity contribution < 1.29 is 52.5 Å². The second kappa shape index (κ2) is 10.0. The van der Waals surface area contributed by atoms with Crippen LogP contribution in [0.3, 0.4) is 0 Å². The number of allylic oxidation sites excluding steroid dienone is 1. The molecule has 0 unspecified atom stereocenters. The van der Waals surface area contributed by atoms with E-state index in [0.717, 1.165) is 0 Å². The Labute approximate surface area is 132 Å². The van der Waals surface area contributed by atoms with E-state index in [9.17, 15) is 0 Å². The predicted molar refractivity (Wildman–Crippen MR) is 61.6 cm³/mol. The fourth-order valence-corrected chi connectivity index (χ4v) is 2.15. The van der Waals surface area contributed by atoms with Crippen LogP contribution in [0.25, 0.3) is 6.08 Å². The summed E-state index contributed by atoms with van der Waals surface area (Å²) in [4.78, 5) is 1.53. The Morgan fingerprint density at radius 2 is 1.94 bits per heavy atom. The number of fused-ring (bicyclic) bond motifs is 1. The maximum atomic E-state index is 4.98. The molecule has 0 spiro atoms. The van der Waals surface area contributed by atoms with Crippen LogP contribution >= 0.6 is 11.3 Å². The quantitative estimate of drug-likeness (QED) is 0.482. The summed E-state index contributed by atoms with van der Waals surface area (Å²) in [5, 5.41) is 2.16. The van der Waals surface area contributed by atoms with Crippen molar-refractivity contribution in [1.82, 2.24) is 0 Å². The molecule has 6 heteroatoms. The van der Waals surface area contributed by atoms with Gasteiger partial charge < -0.3 is 24.8 Å². The molecule has 89 valence electrons. The van der Waals surface area contributed by atoms with E-state index in [-0.39, 0.29) is 24.8 Å². The van der Waals surface area contributed by atoms with Gasteiger partial charge in [0.05, 0.1) is 0 Å². The Kier molecular flexibility index (Phi) is 12.2. The second-order valence-electron chi connectivity index (χ2n) is 3.63. The number of hydrogen-bond acceptors (Lipinski definition) is 2. The Bertz CT molecular complexity index is 328. The van der Waals surface area contributed by atoms with E-state index >= 15 is 0 Å². The molecule has 1 heterocycles. The average molecular weight is 374 g/mol. The first-order valence-electron chi connectivity index (χ1n) is 4.69. The molecule has 0 amide bonds. The van der Waals surface area contributed by atoms with Gasteiger partial charge in [0.15, 0.2) is 0 Å². The molecule has 0 N–H and O–H groups in total. The molecule has 0 saturated carbocycles. The maximum Gasteiger partial charge on any atom is -1.00 e. The Morgan fingerprint density at radius 1 is 1.38 bits per heavy atom. The van der Waals surface area contributed by atoms with E-state index in [1.165, 1.54) is 47.6 Å². The van der Waals surface area contributed by atoms with Gasteiger partial charge in [0.1, 0.15) is 0 Å². The van der Waals surface area contributed by atoms with Gasteiger partial charge >= 0.3 is 49.8 Å². The van der Waals surface area contributed by atoms with E-state index < -0.39 is 9.04 Å². The van der Waals surface area contributed by atoms with E-state index in [0.29, 0.717) is 0 Å². The normalized spacial score (nSPS) is 11.8. The van der Waals surface area contributed by atoms with Gasteiger partial charge in [-0.3, -0.25) is 0 Å². The van der Waals surface area contributed by atoms with Crippen molar-refractivity contribution in [2.24, 2.45) is 0 Å². The first-order chi connectivity index (χ1) is 6.63. The van der Waals surface area contributed by atoms with E-state index in [1.807, 2.05) is 11.3 Å². The summed E-state index contributed by atoms with van der Waals surface area (Å²) in [5.41, 5.74) is 2.94. The number of halogens is 2. The third kappa shape index (κ3) is 6.73. The van der Waals surface area contributed by atoms with Crippen LogP contribution in [0.15, 0.2) is 17.0 Å². The van der Waals surface area contributed by atoms with Crippen LogP contribution in [-0.4, -0.2) is 9.04 Å². The van der Waals surface area contributed by atoms with Crippen LogP contribution in [0, 0.1) is 0 Å². The molecule has 1 aromatic rings. The molecule has 0 saturated heterocycles. The van der Waals surface area contributed by atoms with E-state index in [2.05, 4.69) is 37.5 Å². The van der Waals surface area contributed by atoms with Crippen LogP contribution in [0.2, 0.25) is 13.1 Å². The van der Waals surface area contributed by atoms with Gasteiger partial charge in [-0.05, 0) is 23.9 Å². The van der Waals surface area contributed by atoms with Crippen molar-refractivity contribution in [2.75, 3.05) is 0 Å². The molecular formula is C10H15Cl2OSSiZr. The summed E-state index contributed by atoms with van der Waals surface area (Å²) in [6.07, 6.45) is 3.46. The van der Waals surface area contributed by atoms with Gasteiger partial charge in [0.25, 0.3) is 0 Å². The molecule has 16 heavy (non-hydrogen) atoms. The third-order valence-electron chi connectivity index (χ3n) is 1.86. The van der Waals surface area contributed by atoms with Gasteiger partial charge in [-0.25, -0.2) is 0 Å². The molecule has 0 aliphatic heterocycles. The molecule has 0 atom stereocenters. The summed E-state index contributed by atoms with van der Waals surface area (Å²) < 4.78 is 4.98. The molecule has 0 fully saturated rings. The van der Waals surface area contributed by atoms with Crippen molar-refractivity contribution in [3.63, 3.8) is 0 Å². The SMILES string of the molecule is CC1=Cc2ccsc2C1.C[SiH](C)[O][Zr+2].[Cl-].[Cl-]. The van der Waals surface area contributed by atoms with Crippen molar-refractivity contribution in [1.29, 1.82) is 0 Å². The molecule has 0 radical (unpaired) electrons. The standard InChI is InChI=1S/C8H8S.C2H7OSi.2ClH.Zr/c1-6-4-7-2-3-9-8(7)5-6;1-4(2)3;;;/h2-4H,5H2,1H3;4H,1-2H3;2*1H;/q;-1;;;+3/p-2. The molecular weight excluding hydrogens is 358 g/mol. The summed E-state index contributed by atoms with van der Waals surface area (Å²) in [5.74, 6) is 0. The molecule has 1 nitrogen and oxygen atoms in total. The molecule has 0 aromatic carbocycles. The summed E-state index contributed by atoms with van der Waals surface area (Å²) >= 11 is 3.09. The fraction of sp³-hybridized carbons (Fsp3) is 0.400. The largest absolute Gasteiger partial charge is 1.00 e. The minimum absolute atomic E-state index is 0. The first kappa shape index (κ1) is 19.4. The average Bonchev–Trinajstić information content (AvgIpc) is 2.64. The van der Waals surface area contributed by atoms with Gasteiger partial charge in [-0.15, -0.1) is 11.3 Å². The summed E-state index contributed by atoms with van der Waals surface area (Å²) in [6, 6.07) is 2.19. The second-order valence-corrected chi connectivity index (χ2v) is 8.71. The van der Waals surface area contributed by atoms with E-state index in [1.54, 1.807) is 0 Å². The zero-order valence-corrected chi connectivity index (χ0v) is 15.5. The van der Waals surface area contributed by atoms with Gasteiger partial charge in [0, 0.05) is 11.3 Å². The zero-order valence-electron chi connectivity index (χ0n) is 9.59. The molecule has 0 bridgehead atoms. The van der Waals surface area contributed by atoms with Crippen LogP contribution in [0.1, 0.15) is 17.4 Å². The van der Waals surface area contributed by atoms with Crippen molar-refractivity contribution in [2.45, 2.75) is 26.4 Å². The third-order valence-corrected chi connectivity index (χ3v) is 6.74. The van der Waals surface area contributed by atoms with Gasteiger partial charge in [-0.1, -0.05) is 11.6 Å². The zero-order chi connectivity index (χ0) is 10.6. The number of thiophene rings is 1. The van der Waals surface area contributed by atoms with Crippen LogP contribution in [0.5, 0.6) is 0 Å². The molecule has 1 aliphatic carbocycles. The monoisotopic (exact) mass is 371 g/mol. The van der Waals surface area contributed by atoms with Crippen molar-refractivity contribution in [3.8, 4) is 0 Å². The number of rotatable bonds is 1. The van der Waals surface area contributed by atoms with Crippen LogP contribution in [0.4, 0.5) is 0 Å². The maximum absolute atomic E-state index is 4.98. The van der Waals surface area contributed by atoms with Crippen LogP contribution < -0.4 is 24.8 Å². The Balaban J connectivity index is 0. The first-order valence-corrected chi connectivity index (χ1v) is 9.35. The smallest absolute Gasteiger partial charge is 1.00 e. The minimum Gasteiger partial charge on any atom is -1.00 e. The van der Waals surface area contributed by atoms with E-state index in [4.69, 9.17) is 2.50 Å².